The van der Waals surface area contributed by atoms with Crippen LogP contribution in [0.25, 0.3) is 0 Å². The Balaban J connectivity index is 2.07. The van der Waals surface area contributed by atoms with Crippen molar-refractivity contribution < 1.29 is 17.9 Å². The summed E-state index contributed by atoms with van der Waals surface area (Å²) in [5, 5.41) is 12.5. The number of hydrogen-bond acceptors (Lipinski definition) is 3. The van der Waals surface area contributed by atoms with Crippen molar-refractivity contribution in [2.24, 2.45) is 0 Å². The Bertz CT molecular complexity index is 504. The van der Waals surface area contributed by atoms with Crippen molar-refractivity contribution in [2.75, 3.05) is 0 Å². The topological polar surface area (TPSA) is 45.0 Å². The minimum atomic E-state index is -4.72. The van der Waals surface area contributed by atoms with Crippen LogP contribution in [-0.2, 0) is 0 Å². The zero-order valence-electron chi connectivity index (χ0n) is 11.5. The SMILES string of the molecule is N#CC(NC1CCCCC1)c1cccc(OC(F)(F)F)c1. The molecule has 0 aliphatic heterocycles. The van der Waals surface area contributed by atoms with Crippen molar-refractivity contribution in [3.8, 4) is 11.8 Å². The van der Waals surface area contributed by atoms with E-state index >= 15 is 0 Å². The Morgan fingerprint density at radius 2 is 1.95 bits per heavy atom. The summed E-state index contributed by atoms with van der Waals surface area (Å²) in [5.74, 6) is -0.300. The van der Waals surface area contributed by atoms with Crippen LogP contribution in [0.3, 0.4) is 0 Å². The van der Waals surface area contributed by atoms with Crippen molar-refractivity contribution in [3.63, 3.8) is 0 Å². The number of ether oxygens (including phenoxy) is 1. The second-order valence-electron chi connectivity index (χ2n) is 5.18. The number of nitrogens with zero attached hydrogens (tertiary/aromatic N) is 1. The molecule has 0 spiro atoms. The first-order chi connectivity index (χ1) is 9.98. The lowest BCUT2D eigenvalue weighted by molar-refractivity contribution is -0.274. The number of benzene rings is 1. The van der Waals surface area contributed by atoms with Crippen molar-refractivity contribution in [1.82, 2.24) is 5.32 Å². The van der Waals surface area contributed by atoms with Crippen molar-refractivity contribution in [2.45, 2.75) is 50.6 Å². The molecule has 0 bridgehead atoms. The molecule has 0 heterocycles. The number of halogens is 3. The van der Waals surface area contributed by atoms with E-state index in [0.29, 0.717) is 5.56 Å². The average Bonchev–Trinajstić information content (AvgIpc) is 2.44. The summed E-state index contributed by atoms with van der Waals surface area (Å²) in [6, 6.07) is 7.32. The van der Waals surface area contributed by atoms with Gasteiger partial charge in [0, 0.05) is 6.04 Å². The number of nitriles is 1. The molecule has 1 unspecified atom stereocenters. The van der Waals surface area contributed by atoms with E-state index in [2.05, 4.69) is 16.1 Å². The maximum atomic E-state index is 12.2. The fraction of sp³-hybridized carbons (Fsp3) is 0.533. The molecule has 1 atom stereocenters. The lowest BCUT2D eigenvalue weighted by Gasteiger charge is -2.25. The summed E-state index contributed by atoms with van der Waals surface area (Å²) in [7, 11) is 0. The molecule has 2 rings (SSSR count). The molecule has 6 heteroatoms. The smallest absolute Gasteiger partial charge is 0.406 e. The molecule has 0 saturated heterocycles. The zero-order valence-corrected chi connectivity index (χ0v) is 11.5. The highest BCUT2D eigenvalue weighted by Crippen LogP contribution is 2.27. The van der Waals surface area contributed by atoms with Gasteiger partial charge in [-0.25, -0.2) is 0 Å². The molecule has 21 heavy (non-hydrogen) atoms. The molecule has 0 aromatic heterocycles. The average molecular weight is 298 g/mol. The van der Waals surface area contributed by atoms with Crippen LogP contribution >= 0.6 is 0 Å². The van der Waals surface area contributed by atoms with E-state index in [1.165, 1.54) is 24.6 Å². The molecular weight excluding hydrogens is 281 g/mol. The molecule has 114 valence electrons. The van der Waals surface area contributed by atoms with E-state index < -0.39 is 12.4 Å². The molecule has 3 nitrogen and oxygen atoms in total. The van der Waals surface area contributed by atoms with Crippen molar-refractivity contribution >= 4 is 0 Å². The second-order valence-corrected chi connectivity index (χ2v) is 5.18. The van der Waals surface area contributed by atoms with E-state index in [0.717, 1.165) is 25.7 Å². The molecule has 1 aromatic rings. The quantitative estimate of drug-likeness (QED) is 0.911. The van der Waals surface area contributed by atoms with Gasteiger partial charge in [-0.2, -0.15) is 5.26 Å². The molecule has 1 aliphatic carbocycles. The third-order valence-electron chi connectivity index (χ3n) is 3.56. The predicted octanol–water partition coefficient (Wildman–Crippen LogP) is 4.07. The molecule has 1 N–H and O–H groups in total. The van der Waals surface area contributed by atoms with Gasteiger partial charge in [-0.05, 0) is 30.5 Å². The van der Waals surface area contributed by atoms with Gasteiger partial charge in [0.1, 0.15) is 11.8 Å². The minimum absolute atomic E-state index is 0.246. The number of alkyl halides is 3. The third-order valence-corrected chi connectivity index (χ3v) is 3.56. The van der Waals surface area contributed by atoms with Gasteiger partial charge in [-0.1, -0.05) is 31.4 Å². The fourth-order valence-electron chi connectivity index (χ4n) is 2.60. The lowest BCUT2D eigenvalue weighted by Crippen LogP contribution is -2.33. The normalized spacial score (nSPS) is 18.0. The largest absolute Gasteiger partial charge is 0.573 e. The lowest BCUT2D eigenvalue weighted by atomic mass is 9.94. The molecule has 1 aromatic carbocycles. The summed E-state index contributed by atoms with van der Waals surface area (Å²) < 4.78 is 40.6. The molecule has 1 fully saturated rings. The third kappa shape index (κ3) is 4.94. The first-order valence-electron chi connectivity index (χ1n) is 6.99. The van der Waals surface area contributed by atoms with Crippen LogP contribution in [0.2, 0.25) is 0 Å². The first kappa shape index (κ1) is 15.6. The number of hydrogen-bond donors (Lipinski definition) is 1. The maximum absolute atomic E-state index is 12.2. The predicted molar refractivity (Wildman–Crippen MR) is 71.5 cm³/mol. The highest BCUT2D eigenvalue weighted by molar-refractivity contribution is 5.33. The van der Waals surface area contributed by atoms with Crippen LogP contribution in [0.1, 0.15) is 43.7 Å². The standard InChI is InChI=1S/C15H17F3N2O/c16-15(17,18)21-13-8-4-5-11(9-13)14(10-19)20-12-6-2-1-3-7-12/h4-5,8-9,12,14,20H,1-3,6-7H2. The van der Waals surface area contributed by atoms with Crippen LogP contribution < -0.4 is 10.1 Å². The van der Waals surface area contributed by atoms with Gasteiger partial charge >= 0.3 is 6.36 Å². The van der Waals surface area contributed by atoms with E-state index in [9.17, 15) is 18.4 Å². The number of rotatable bonds is 4. The zero-order chi connectivity index (χ0) is 15.3. The Labute approximate surface area is 121 Å². The molecule has 0 radical (unpaired) electrons. The Morgan fingerprint density at radius 1 is 1.24 bits per heavy atom. The molecular formula is C15H17F3N2O. The van der Waals surface area contributed by atoms with E-state index in [-0.39, 0.29) is 11.8 Å². The van der Waals surface area contributed by atoms with Gasteiger partial charge in [0.05, 0.1) is 6.07 Å². The number of nitrogens with one attached hydrogen (secondary N) is 1. The summed E-state index contributed by atoms with van der Waals surface area (Å²) in [6.45, 7) is 0. The van der Waals surface area contributed by atoms with Crippen LogP contribution in [-0.4, -0.2) is 12.4 Å². The van der Waals surface area contributed by atoms with Crippen molar-refractivity contribution in [1.29, 1.82) is 5.26 Å². The first-order valence-corrected chi connectivity index (χ1v) is 6.99. The van der Waals surface area contributed by atoms with Gasteiger partial charge in [0.2, 0.25) is 0 Å². The van der Waals surface area contributed by atoms with Gasteiger partial charge in [0.15, 0.2) is 0 Å². The molecule has 0 amide bonds. The molecule has 1 saturated carbocycles. The van der Waals surface area contributed by atoms with E-state index in [1.807, 2.05) is 0 Å². The Kier molecular flexibility index (Phi) is 5.07. The summed E-state index contributed by atoms with van der Waals surface area (Å²) >= 11 is 0. The Hall–Kier alpha value is -1.74. The van der Waals surface area contributed by atoms with Crippen LogP contribution in [0.15, 0.2) is 24.3 Å². The molecule has 1 aliphatic rings. The van der Waals surface area contributed by atoms with Gasteiger partial charge in [-0.15, -0.1) is 13.2 Å². The second kappa shape index (κ2) is 6.81. The fourth-order valence-corrected chi connectivity index (χ4v) is 2.60. The minimum Gasteiger partial charge on any atom is -0.406 e. The van der Waals surface area contributed by atoms with Crippen molar-refractivity contribution in [3.05, 3.63) is 29.8 Å². The van der Waals surface area contributed by atoms with E-state index in [4.69, 9.17) is 0 Å². The summed E-state index contributed by atoms with van der Waals surface area (Å²) in [6.07, 6.45) is 0.704. The monoisotopic (exact) mass is 298 g/mol. The van der Waals surface area contributed by atoms with E-state index in [1.54, 1.807) is 6.07 Å². The van der Waals surface area contributed by atoms with Crippen LogP contribution in [0, 0.1) is 11.3 Å². The van der Waals surface area contributed by atoms with Crippen LogP contribution in [0.5, 0.6) is 5.75 Å². The summed E-state index contributed by atoms with van der Waals surface area (Å²) in [5.41, 5.74) is 0.491. The van der Waals surface area contributed by atoms with Gasteiger partial charge < -0.3 is 4.74 Å². The maximum Gasteiger partial charge on any atom is 0.573 e. The highest BCUT2D eigenvalue weighted by Gasteiger charge is 2.31. The van der Waals surface area contributed by atoms with Gasteiger partial charge in [0.25, 0.3) is 0 Å². The van der Waals surface area contributed by atoms with Gasteiger partial charge in [-0.3, -0.25) is 5.32 Å². The highest BCUT2D eigenvalue weighted by atomic mass is 19.4. The van der Waals surface area contributed by atoms with Crippen LogP contribution in [0.4, 0.5) is 13.2 Å². The Morgan fingerprint density at radius 3 is 2.57 bits per heavy atom. The summed E-state index contributed by atoms with van der Waals surface area (Å²) in [4.78, 5) is 0.